The van der Waals surface area contributed by atoms with Crippen LogP contribution in [0.2, 0.25) is 0 Å². The number of esters is 2. The smallest absolute Gasteiger partial charge is 0.335 e. The Morgan fingerprint density at radius 1 is 0.583 bits per heavy atom. The second-order valence-electron chi connectivity index (χ2n) is 17.6. The number of aliphatic hydroxyl groups is 1. The molecule has 0 aliphatic carbocycles. The van der Waals surface area contributed by atoms with Gasteiger partial charge in [-0.15, -0.1) is 0 Å². The van der Waals surface area contributed by atoms with Crippen molar-refractivity contribution in [3.63, 3.8) is 0 Å². The topological polar surface area (TPSA) is 148 Å². The molecule has 3 N–H and O–H groups in total. The van der Waals surface area contributed by atoms with Crippen LogP contribution in [0, 0.1) is 0 Å². The maximum absolute atomic E-state index is 14.0. The van der Waals surface area contributed by atoms with Crippen molar-refractivity contribution in [3.05, 3.63) is 0 Å². The number of rotatable bonds is 41. The number of halogens is 1. The van der Waals surface area contributed by atoms with E-state index in [0.717, 1.165) is 70.6 Å². The Morgan fingerprint density at radius 3 is 1.40 bits per heavy atom. The van der Waals surface area contributed by atoms with Crippen molar-refractivity contribution in [1.29, 1.82) is 0 Å². The molecular formula is C49H90FNO9. The fourth-order valence-corrected chi connectivity index (χ4v) is 8.25. The number of alkyl halides is 1. The Bertz CT molecular complexity index is 1080. The summed E-state index contributed by atoms with van der Waals surface area (Å²) in [6.07, 6.45) is 28.2. The molecule has 0 radical (unpaired) electrons. The van der Waals surface area contributed by atoms with E-state index in [9.17, 15) is 33.8 Å². The van der Waals surface area contributed by atoms with Crippen molar-refractivity contribution in [3.8, 4) is 0 Å². The van der Waals surface area contributed by atoms with Crippen LogP contribution in [0.1, 0.15) is 245 Å². The molecule has 0 aromatic heterocycles. The third kappa shape index (κ3) is 28.4. The van der Waals surface area contributed by atoms with Gasteiger partial charge in [-0.25, -0.2) is 9.18 Å². The monoisotopic (exact) mass is 856 g/mol. The summed E-state index contributed by atoms with van der Waals surface area (Å²) in [4.78, 5) is 51.9. The van der Waals surface area contributed by atoms with Crippen LogP contribution in [0.5, 0.6) is 0 Å². The molecule has 1 fully saturated rings. The molecule has 0 unspecified atom stereocenters. The molecule has 1 aliphatic heterocycles. The van der Waals surface area contributed by atoms with Gasteiger partial charge in [0.25, 0.3) is 0 Å². The van der Waals surface area contributed by atoms with Crippen LogP contribution in [0.15, 0.2) is 0 Å². The zero-order valence-electron chi connectivity index (χ0n) is 38.6. The van der Waals surface area contributed by atoms with Gasteiger partial charge in [-0.1, -0.05) is 201 Å². The molecule has 0 spiro atoms. The molecule has 6 atom stereocenters. The first kappa shape index (κ1) is 55.7. The first-order valence-electron chi connectivity index (χ1n) is 25.0. The van der Waals surface area contributed by atoms with Gasteiger partial charge in [-0.2, -0.15) is 0 Å². The molecule has 352 valence electrons. The van der Waals surface area contributed by atoms with Crippen LogP contribution >= 0.6 is 0 Å². The van der Waals surface area contributed by atoms with Crippen molar-refractivity contribution in [2.75, 3.05) is 6.67 Å². The third-order valence-corrected chi connectivity index (χ3v) is 12.0. The number of ether oxygens (including phenoxy) is 3. The lowest BCUT2D eigenvalue weighted by Crippen LogP contribution is -2.66. The number of aliphatic hydroxyl groups excluding tert-OH is 1. The van der Waals surface area contributed by atoms with E-state index in [4.69, 9.17) is 14.2 Å². The lowest BCUT2D eigenvalue weighted by Gasteiger charge is -2.42. The van der Waals surface area contributed by atoms with E-state index in [0.29, 0.717) is 19.3 Å². The minimum absolute atomic E-state index is 0.124. The molecule has 0 aromatic rings. The summed E-state index contributed by atoms with van der Waals surface area (Å²) in [6, 6.07) is -1.44. The minimum Gasteiger partial charge on any atom is -0.479 e. The molecule has 60 heavy (non-hydrogen) atoms. The van der Waals surface area contributed by atoms with Crippen LogP contribution in [-0.4, -0.2) is 77.3 Å². The van der Waals surface area contributed by atoms with E-state index in [-0.39, 0.29) is 25.2 Å². The number of unbranched alkanes of at least 4 members (excludes halogenated alkanes) is 28. The number of amides is 1. The van der Waals surface area contributed by atoms with Crippen molar-refractivity contribution in [1.82, 2.24) is 5.32 Å². The van der Waals surface area contributed by atoms with Gasteiger partial charge in [0.2, 0.25) is 5.91 Å². The van der Waals surface area contributed by atoms with Gasteiger partial charge in [0, 0.05) is 12.8 Å². The molecule has 0 bridgehead atoms. The highest BCUT2D eigenvalue weighted by Crippen LogP contribution is 2.27. The summed E-state index contributed by atoms with van der Waals surface area (Å²) in [6.45, 7) is 5.43. The number of hydrogen-bond donors (Lipinski definition) is 3. The third-order valence-electron chi connectivity index (χ3n) is 12.0. The Kier molecular flexibility index (Phi) is 35.7. The van der Waals surface area contributed by atoms with Crippen LogP contribution in [0.4, 0.5) is 4.39 Å². The Morgan fingerprint density at radius 2 is 0.983 bits per heavy atom. The highest BCUT2D eigenvalue weighted by molar-refractivity contribution is 5.80. The number of carbonyl (C=O) groups is 4. The molecule has 1 saturated heterocycles. The summed E-state index contributed by atoms with van der Waals surface area (Å²) in [7, 11) is 0. The van der Waals surface area contributed by atoms with Gasteiger partial charge in [-0.05, 0) is 25.7 Å². The Labute approximate surface area is 365 Å². The number of aliphatic carboxylic acids is 1. The van der Waals surface area contributed by atoms with Gasteiger partial charge in [0.15, 0.2) is 12.2 Å². The van der Waals surface area contributed by atoms with Crippen molar-refractivity contribution in [2.24, 2.45) is 0 Å². The lowest BCUT2D eigenvalue weighted by molar-refractivity contribution is -0.214. The van der Waals surface area contributed by atoms with E-state index in [1.165, 1.54) is 116 Å². The molecule has 11 heteroatoms. The first-order valence-corrected chi connectivity index (χ1v) is 25.0. The number of nitrogens with one attached hydrogen (secondary N) is 1. The highest BCUT2D eigenvalue weighted by atomic mass is 19.1. The number of carboxylic acids is 1. The molecule has 1 heterocycles. The van der Waals surface area contributed by atoms with Gasteiger partial charge in [0.05, 0.1) is 6.42 Å². The van der Waals surface area contributed by atoms with E-state index in [2.05, 4.69) is 26.1 Å². The predicted octanol–water partition coefficient (Wildman–Crippen LogP) is 12.2. The largest absolute Gasteiger partial charge is 0.479 e. The fraction of sp³-hybridized carbons (Fsp3) is 0.918. The zero-order valence-corrected chi connectivity index (χ0v) is 38.6. The molecule has 1 amide bonds. The van der Waals surface area contributed by atoms with Gasteiger partial charge in [0.1, 0.15) is 31.0 Å². The molecule has 1 aliphatic rings. The zero-order chi connectivity index (χ0) is 44.1. The Balaban J connectivity index is 2.79. The predicted molar refractivity (Wildman–Crippen MR) is 239 cm³/mol. The van der Waals surface area contributed by atoms with Crippen molar-refractivity contribution in [2.45, 2.75) is 282 Å². The molecule has 1 rings (SSSR count). The summed E-state index contributed by atoms with van der Waals surface area (Å²) in [5, 5.41) is 23.7. The summed E-state index contributed by atoms with van der Waals surface area (Å²) in [5.41, 5.74) is 0. The van der Waals surface area contributed by atoms with Crippen molar-refractivity contribution < 1.29 is 48.0 Å². The van der Waals surface area contributed by atoms with Crippen molar-refractivity contribution >= 4 is 23.8 Å². The van der Waals surface area contributed by atoms with E-state index in [1.54, 1.807) is 0 Å². The summed E-state index contributed by atoms with van der Waals surface area (Å²) < 4.78 is 31.0. The number of carboxylic acid groups (broad SMARTS) is 1. The van der Waals surface area contributed by atoms with Crippen LogP contribution in [0.3, 0.4) is 0 Å². The Hall–Kier alpha value is -2.27. The average molecular weight is 856 g/mol. The van der Waals surface area contributed by atoms with E-state index >= 15 is 0 Å². The quantitative estimate of drug-likeness (QED) is 0.0403. The van der Waals surface area contributed by atoms with Crippen LogP contribution in [0.25, 0.3) is 0 Å². The van der Waals surface area contributed by atoms with Gasteiger partial charge < -0.3 is 29.7 Å². The van der Waals surface area contributed by atoms with Gasteiger partial charge in [-0.3, -0.25) is 14.4 Å². The first-order chi connectivity index (χ1) is 29.2. The second-order valence-corrected chi connectivity index (χ2v) is 17.6. The number of carbonyl (C=O) groups excluding carboxylic acids is 3. The summed E-state index contributed by atoms with van der Waals surface area (Å²) >= 11 is 0. The standard InChI is InChI=1S/C49H90FNO9/c1-4-7-10-13-16-19-21-24-27-30-33-36-42(52)51-45-47(46(55)41(39-50)59-48(45)49(56)57)60-44(54)38-40(35-32-29-26-23-18-15-12-9-6-3)58-43(53)37-34-31-28-25-22-20-17-14-11-8-5-2/h40-41,45-48,55H,4-39H2,1-3H3,(H,51,52)(H,56,57)/t40-,41-,45-,46-,47-,48+/m1/s1. The van der Waals surface area contributed by atoms with Crippen LogP contribution < -0.4 is 5.32 Å². The normalized spacial score (nSPS) is 19.5. The number of hydrogen-bond acceptors (Lipinski definition) is 8. The maximum atomic E-state index is 14.0. The molecule has 10 nitrogen and oxygen atoms in total. The second kappa shape index (κ2) is 38.4. The SMILES string of the molecule is CCCCCCCCCCCCCC(=O)N[C@@H]1[C@@H](OC(=O)C[C@@H](CCCCCCCCCCC)OC(=O)CCCCCCCCCCCCC)[C@H](O)[C@@H](CF)O[C@@H]1C(=O)O. The average Bonchev–Trinajstić information content (AvgIpc) is 3.22. The summed E-state index contributed by atoms with van der Waals surface area (Å²) in [5.74, 6) is -3.13. The highest BCUT2D eigenvalue weighted by Gasteiger charge is 2.51. The molecular weight excluding hydrogens is 766 g/mol. The lowest BCUT2D eigenvalue weighted by atomic mass is 9.92. The van der Waals surface area contributed by atoms with E-state index in [1.807, 2.05) is 0 Å². The van der Waals surface area contributed by atoms with Crippen LogP contribution in [-0.2, 0) is 33.4 Å². The van der Waals surface area contributed by atoms with Gasteiger partial charge >= 0.3 is 17.9 Å². The maximum Gasteiger partial charge on any atom is 0.335 e. The molecule has 0 aromatic carbocycles. The van der Waals surface area contributed by atoms with E-state index < -0.39 is 61.1 Å². The fourth-order valence-electron chi connectivity index (χ4n) is 8.25. The molecule has 0 saturated carbocycles. The minimum atomic E-state index is -1.74.